The molecular weight excluding hydrogens is 391 g/mol. The first-order valence-electron chi connectivity index (χ1n) is 10.3. The molecule has 0 aromatic heterocycles. The Morgan fingerprint density at radius 1 is 1.07 bits per heavy atom. The number of aryl methyl sites for hydroxylation is 1. The number of hydrogen-bond acceptors (Lipinski definition) is 4. The van der Waals surface area contributed by atoms with Gasteiger partial charge in [-0.2, -0.15) is 0 Å². The van der Waals surface area contributed by atoms with Crippen molar-refractivity contribution in [3.63, 3.8) is 0 Å². The van der Waals surface area contributed by atoms with E-state index in [0.29, 0.717) is 19.6 Å². The summed E-state index contributed by atoms with van der Waals surface area (Å²) in [6, 6.07) is 12.2. The zero-order chi connectivity index (χ0) is 20.7. The Hall–Kier alpha value is -2.12. The zero-order valence-electron chi connectivity index (χ0n) is 16.9. The lowest BCUT2D eigenvalue weighted by molar-refractivity contribution is 0.321. The lowest BCUT2D eigenvalue weighted by atomic mass is 10.1. The third kappa shape index (κ3) is 5.93. The van der Waals surface area contributed by atoms with Gasteiger partial charge in [0.25, 0.3) is 0 Å². The third-order valence-corrected chi connectivity index (χ3v) is 6.56. The van der Waals surface area contributed by atoms with Crippen molar-refractivity contribution in [2.45, 2.75) is 43.9 Å². The van der Waals surface area contributed by atoms with Gasteiger partial charge in [0.1, 0.15) is 0 Å². The highest BCUT2D eigenvalue weighted by Crippen LogP contribution is 2.22. The van der Waals surface area contributed by atoms with Crippen molar-refractivity contribution in [3.05, 3.63) is 53.8 Å². The highest BCUT2D eigenvalue weighted by atomic mass is 32.2. The van der Waals surface area contributed by atoms with Crippen molar-refractivity contribution in [2.24, 2.45) is 0 Å². The monoisotopic (exact) mass is 420 g/mol. The molecule has 1 N–H and O–H groups in total. The normalized spacial score (nSPS) is 14.8. The Kier molecular flexibility index (Phi) is 7.50. The molecule has 2 aromatic rings. The van der Waals surface area contributed by atoms with Crippen LogP contribution in [0.3, 0.4) is 0 Å². The SMILES string of the molecule is CCOc1ccc(S(=O)(=O)NCCCc2ccc(N3CCCCC3)cc2)cc1F. The lowest BCUT2D eigenvalue weighted by Gasteiger charge is -2.28. The number of anilines is 1. The Balaban J connectivity index is 1.48. The van der Waals surface area contributed by atoms with Gasteiger partial charge in [-0.05, 0) is 74.9 Å². The van der Waals surface area contributed by atoms with Gasteiger partial charge < -0.3 is 9.64 Å². The van der Waals surface area contributed by atoms with E-state index in [4.69, 9.17) is 4.74 Å². The Bertz CT molecular complexity index is 895. The highest BCUT2D eigenvalue weighted by molar-refractivity contribution is 7.89. The van der Waals surface area contributed by atoms with Crippen molar-refractivity contribution < 1.29 is 17.5 Å². The molecule has 3 rings (SSSR count). The molecule has 5 nitrogen and oxygen atoms in total. The van der Waals surface area contributed by atoms with Crippen molar-refractivity contribution in [1.29, 1.82) is 0 Å². The van der Waals surface area contributed by atoms with E-state index in [9.17, 15) is 12.8 Å². The fourth-order valence-electron chi connectivity index (χ4n) is 3.53. The van der Waals surface area contributed by atoms with Crippen LogP contribution in [0.1, 0.15) is 38.2 Å². The van der Waals surface area contributed by atoms with Crippen molar-refractivity contribution in [1.82, 2.24) is 4.72 Å². The molecular formula is C22H29FN2O3S. The minimum absolute atomic E-state index is 0.0550. The minimum Gasteiger partial charge on any atom is -0.491 e. The van der Waals surface area contributed by atoms with E-state index >= 15 is 0 Å². The van der Waals surface area contributed by atoms with Gasteiger partial charge in [0.2, 0.25) is 10.0 Å². The molecule has 0 spiro atoms. The topological polar surface area (TPSA) is 58.6 Å². The van der Waals surface area contributed by atoms with E-state index in [1.54, 1.807) is 6.92 Å². The molecule has 7 heteroatoms. The maximum Gasteiger partial charge on any atom is 0.240 e. The number of halogens is 1. The van der Waals surface area contributed by atoms with Crippen LogP contribution in [0.2, 0.25) is 0 Å². The molecule has 0 bridgehead atoms. The largest absolute Gasteiger partial charge is 0.491 e. The summed E-state index contributed by atoms with van der Waals surface area (Å²) < 4.78 is 46.3. The molecule has 29 heavy (non-hydrogen) atoms. The van der Waals surface area contributed by atoms with E-state index in [1.807, 2.05) is 0 Å². The van der Waals surface area contributed by atoms with E-state index < -0.39 is 15.8 Å². The molecule has 0 atom stereocenters. The van der Waals surface area contributed by atoms with Crippen molar-refractivity contribution in [3.8, 4) is 5.75 Å². The van der Waals surface area contributed by atoms with Gasteiger partial charge >= 0.3 is 0 Å². The number of rotatable bonds is 9. The van der Waals surface area contributed by atoms with E-state index in [0.717, 1.165) is 25.6 Å². The first-order valence-corrected chi connectivity index (χ1v) is 11.7. The van der Waals surface area contributed by atoms with E-state index in [2.05, 4.69) is 33.9 Å². The van der Waals surface area contributed by atoms with Gasteiger partial charge in [0.15, 0.2) is 11.6 Å². The fourth-order valence-corrected chi connectivity index (χ4v) is 4.61. The van der Waals surface area contributed by atoms with Crippen LogP contribution in [0.4, 0.5) is 10.1 Å². The summed E-state index contributed by atoms with van der Waals surface area (Å²) in [5, 5.41) is 0. The second kappa shape index (κ2) is 10.1. The number of sulfonamides is 1. The van der Waals surface area contributed by atoms with E-state index in [-0.39, 0.29) is 10.6 Å². The quantitative estimate of drug-likeness (QED) is 0.620. The van der Waals surface area contributed by atoms with Crippen molar-refractivity contribution >= 4 is 15.7 Å². The number of ether oxygens (including phenoxy) is 1. The average molecular weight is 421 g/mol. The van der Waals surface area contributed by atoms with Gasteiger partial charge in [-0.25, -0.2) is 17.5 Å². The molecule has 1 saturated heterocycles. The van der Waals surface area contributed by atoms with Crippen molar-refractivity contribution in [2.75, 3.05) is 31.1 Å². The summed E-state index contributed by atoms with van der Waals surface area (Å²) in [7, 11) is -3.74. The molecule has 0 unspecified atom stereocenters. The summed E-state index contributed by atoms with van der Waals surface area (Å²) in [5.74, 6) is -0.622. The van der Waals surface area contributed by atoms with Crippen LogP contribution < -0.4 is 14.4 Å². The lowest BCUT2D eigenvalue weighted by Crippen LogP contribution is -2.29. The van der Waals surface area contributed by atoms with Gasteiger partial charge in [0.05, 0.1) is 11.5 Å². The highest BCUT2D eigenvalue weighted by Gasteiger charge is 2.16. The third-order valence-electron chi connectivity index (χ3n) is 5.11. The maximum atomic E-state index is 13.9. The summed E-state index contributed by atoms with van der Waals surface area (Å²) in [4.78, 5) is 2.32. The minimum atomic E-state index is -3.74. The van der Waals surface area contributed by atoms with Crippen LogP contribution in [0.15, 0.2) is 47.4 Å². The molecule has 1 fully saturated rings. The molecule has 1 aliphatic rings. The van der Waals surface area contributed by atoms with Gasteiger partial charge in [-0.3, -0.25) is 0 Å². The van der Waals surface area contributed by atoms with E-state index in [1.165, 1.54) is 42.6 Å². The molecule has 2 aromatic carbocycles. The molecule has 0 saturated carbocycles. The molecule has 0 aliphatic carbocycles. The van der Waals surface area contributed by atoms with Gasteiger partial charge in [-0.15, -0.1) is 0 Å². The second-order valence-corrected chi connectivity index (χ2v) is 9.01. The molecule has 1 aliphatic heterocycles. The van der Waals surface area contributed by atoms with Crippen LogP contribution in [0.25, 0.3) is 0 Å². The fraction of sp³-hybridized carbons (Fsp3) is 0.455. The predicted octanol–water partition coefficient (Wildman–Crippen LogP) is 4.13. The van der Waals surface area contributed by atoms with Crippen LogP contribution in [0, 0.1) is 5.82 Å². The number of benzene rings is 2. The average Bonchev–Trinajstić information content (AvgIpc) is 2.74. The number of hydrogen-bond donors (Lipinski definition) is 1. The molecule has 1 heterocycles. The summed E-state index contributed by atoms with van der Waals surface area (Å²) in [6.07, 6.45) is 5.26. The van der Waals surface area contributed by atoms with Gasteiger partial charge in [0, 0.05) is 25.3 Å². The first-order chi connectivity index (χ1) is 14.0. The smallest absolute Gasteiger partial charge is 0.240 e. The Morgan fingerprint density at radius 2 is 1.79 bits per heavy atom. The summed E-state index contributed by atoms with van der Waals surface area (Å²) in [5.41, 5.74) is 2.43. The number of nitrogens with zero attached hydrogens (tertiary/aromatic N) is 1. The van der Waals surface area contributed by atoms with Crippen LogP contribution in [0.5, 0.6) is 5.75 Å². The number of nitrogens with one attached hydrogen (secondary N) is 1. The van der Waals surface area contributed by atoms with Crippen LogP contribution in [-0.4, -0.2) is 34.7 Å². The Labute approximate surface area is 172 Å². The maximum absolute atomic E-state index is 13.9. The summed E-state index contributed by atoms with van der Waals surface area (Å²) >= 11 is 0. The standard InChI is InChI=1S/C22H29FN2O3S/c1-2-28-22-13-12-20(17-21(22)23)29(26,27)24-14-6-7-18-8-10-19(11-9-18)25-15-4-3-5-16-25/h8-13,17,24H,2-7,14-16H2,1H3. The zero-order valence-corrected chi connectivity index (χ0v) is 17.7. The first kappa shape index (κ1) is 21.6. The molecule has 0 radical (unpaired) electrons. The van der Waals surface area contributed by atoms with Gasteiger partial charge in [-0.1, -0.05) is 12.1 Å². The van der Waals surface area contributed by atoms with Crippen LogP contribution in [-0.2, 0) is 16.4 Å². The molecule has 0 amide bonds. The second-order valence-electron chi connectivity index (χ2n) is 7.24. The predicted molar refractivity (Wildman–Crippen MR) is 114 cm³/mol. The number of piperidine rings is 1. The molecule has 158 valence electrons. The Morgan fingerprint density at radius 3 is 2.45 bits per heavy atom. The van der Waals surface area contributed by atoms with Crippen LogP contribution >= 0.6 is 0 Å². The summed E-state index contributed by atoms with van der Waals surface area (Å²) in [6.45, 7) is 4.60.